The first-order valence-corrected chi connectivity index (χ1v) is 12.3. The largest absolute Gasteiger partial charge is 0.406 e. The van der Waals surface area contributed by atoms with Gasteiger partial charge in [0.15, 0.2) is 0 Å². The van der Waals surface area contributed by atoms with Crippen LogP contribution in [0.15, 0.2) is 54.9 Å². The van der Waals surface area contributed by atoms with E-state index in [1.807, 2.05) is 30.5 Å². The molecule has 1 atom stereocenters. The molecule has 2 N–H and O–H groups in total. The van der Waals surface area contributed by atoms with Gasteiger partial charge in [0.2, 0.25) is 0 Å². The molecule has 3 aromatic heterocycles. The van der Waals surface area contributed by atoms with E-state index in [0.717, 1.165) is 55.1 Å². The first-order chi connectivity index (χ1) is 17.0. The summed E-state index contributed by atoms with van der Waals surface area (Å²) in [6.07, 6.45) is 4.04. The van der Waals surface area contributed by atoms with E-state index in [9.17, 15) is 13.2 Å². The van der Waals surface area contributed by atoms with Gasteiger partial charge in [-0.3, -0.25) is 14.9 Å². The predicted molar refractivity (Wildman–Crippen MR) is 132 cm³/mol. The number of alkyl halides is 3. The Morgan fingerprint density at radius 1 is 1.00 bits per heavy atom. The van der Waals surface area contributed by atoms with Gasteiger partial charge in [0.05, 0.1) is 22.9 Å². The van der Waals surface area contributed by atoms with Gasteiger partial charge in [0.1, 0.15) is 6.54 Å². The molecule has 4 aromatic rings. The quantitative estimate of drug-likeness (QED) is 0.325. The Morgan fingerprint density at radius 2 is 1.86 bits per heavy atom. The van der Waals surface area contributed by atoms with Crippen LogP contribution in [-0.2, 0) is 19.5 Å². The van der Waals surface area contributed by atoms with Crippen molar-refractivity contribution >= 4 is 21.8 Å². The zero-order chi connectivity index (χ0) is 24.4. The lowest BCUT2D eigenvalue weighted by molar-refractivity contribution is -0.139. The zero-order valence-electron chi connectivity index (χ0n) is 19.6. The summed E-state index contributed by atoms with van der Waals surface area (Å²) in [6.45, 7) is 0.809. The maximum atomic E-state index is 13.7. The summed E-state index contributed by atoms with van der Waals surface area (Å²) in [7, 11) is 0. The normalized spacial score (nSPS) is 16.3. The second-order valence-electron chi connectivity index (χ2n) is 9.29. The van der Waals surface area contributed by atoms with Crippen molar-refractivity contribution in [3.05, 3.63) is 71.8 Å². The molecular weight excluding hydrogens is 451 g/mol. The molecule has 0 radical (unpaired) electrons. The number of pyridine rings is 2. The number of aryl methyl sites for hydroxylation is 1. The lowest BCUT2D eigenvalue weighted by Crippen LogP contribution is -2.33. The van der Waals surface area contributed by atoms with Crippen LogP contribution >= 0.6 is 0 Å². The van der Waals surface area contributed by atoms with Crippen LogP contribution in [0, 0.1) is 0 Å². The molecule has 8 heteroatoms. The molecule has 1 aliphatic rings. The van der Waals surface area contributed by atoms with Gasteiger partial charge in [-0.15, -0.1) is 0 Å². The molecule has 35 heavy (non-hydrogen) atoms. The van der Waals surface area contributed by atoms with Crippen LogP contribution in [0.25, 0.3) is 21.8 Å². The van der Waals surface area contributed by atoms with Crippen molar-refractivity contribution in [3.63, 3.8) is 0 Å². The lowest BCUT2D eigenvalue weighted by Gasteiger charge is -2.35. The number of benzene rings is 1. The highest BCUT2D eigenvalue weighted by molar-refractivity contribution is 6.08. The van der Waals surface area contributed by atoms with Crippen molar-refractivity contribution in [1.29, 1.82) is 0 Å². The fraction of sp³-hybridized carbons (Fsp3) is 0.407. The van der Waals surface area contributed by atoms with Gasteiger partial charge in [-0.25, -0.2) is 0 Å². The van der Waals surface area contributed by atoms with E-state index in [2.05, 4.69) is 16.0 Å². The molecule has 5 rings (SSSR count). The van der Waals surface area contributed by atoms with Crippen LogP contribution in [0.2, 0.25) is 0 Å². The number of fused-ring (bicyclic) bond motifs is 4. The molecule has 3 heterocycles. The van der Waals surface area contributed by atoms with Gasteiger partial charge >= 0.3 is 6.18 Å². The Morgan fingerprint density at radius 3 is 2.69 bits per heavy atom. The van der Waals surface area contributed by atoms with Crippen LogP contribution in [0.5, 0.6) is 0 Å². The molecule has 0 unspecified atom stereocenters. The topological polar surface area (TPSA) is 60.0 Å². The molecule has 0 spiro atoms. The molecule has 0 saturated carbocycles. The highest BCUT2D eigenvalue weighted by atomic mass is 19.4. The van der Waals surface area contributed by atoms with Crippen LogP contribution in [0.1, 0.15) is 48.7 Å². The number of rotatable bonds is 8. The maximum Gasteiger partial charge on any atom is 0.406 e. The third-order valence-corrected chi connectivity index (χ3v) is 6.95. The SMILES string of the molecule is NCCCCN(Cc1nccc2c3ccccc3n(CC(F)(F)F)c12)[C@H]1CCCc2cccnc21. The van der Waals surface area contributed by atoms with E-state index in [4.69, 9.17) is 10.7 Å². The van der Waals surface area contributed by atoms with E-state index >= 15 is 0 Å². The van der Waals surface area contributed by atoms with Crippen molar-refractivity contribution < 1.29 is 13.2 Å². The molecular formula is C27H30F3N5. The summed E-state index contributed by atoms with van der Waals surface area (Å²) < 4.78 is 42.4. The Hall–Kier alpha value is -2.97. The summed E-state index contributed by atoms with van der Waals surface area (Å²) >= 11 is 0. The first-order valence-electron chi connectivity index (χ1n) is 12.3. The minimum Gasteiger partial charge on any atom is -0.330 e. The Kier molecular flexibility index (Phi) is 6.75. The van der Waals surface area contributed by atoms with E-state index in [-0.39, 0.29) is 6.04 Å². The average molecular weight is 482 g/mol. The van der Waals surface area contributed by atoms with Crippen LogP contribution in [0.4, 0.5) is 13.2 Å². The molecule has 0 amide bonds. The highest BCUT2D eigenvalue weighted by Gasteiger charge is 2.32. The van der Waals surface area contributed by atoms with E-state index < -0.39 is 12.7 Å². The van der Waals surface area contributed by atoms with Gasteiger partial charge in [0.25, 0.3) is 0 Å². The van der Waals surface area contributed by atoms with Gasteiger partial charge < -0.3 is 10.3 Å². The van der Waals surface area contributed by atoms with Crippen molar-refractivity contribution in [2.45, 2.75) is 57.4 Å². The van der Waals surface area contributed by atoms with Gasteiger partial charge in [-0.1, -0.05) is 24.3 Å². The molecule has 1 aromatic carbocycles. The fourth-order valence-electron chi connectivity index (χ4n) is 5.47. The minimum atomic E-state index is -4.34. The van der Waals surface area contributed by atoms with Crippen LogP contribution in [-0.4, -0.2) is 38.7 Å². The lowest BCUT2D eigenvalue weighted by atomic mass is 9.90. The number of hydrogen-bond donors (Lipinski definition) is 1. The summed E-state index contributed by atoms with van der Waals surface area (Å²) in [5.74, 6) is 0. The van der Waals surface area contributed by atoms with E-state index in [1.165, 1.54) is 10.1 Å². The monoisotopic (exact) mass is 481 g/mol. The summed E-state index contributed by atoms with van der Waals surface area (Å²) in [4.78, 5) is 11.7. The highest BCUT2D eigenvalue weighted by Crippen LogP contribution is 2.37. The van der Waals surface area contributed by atoms with Crippen LogP contribution in [0.3, 0.4) is 0 Å². The molecule has 0 aliphatic heterocycles. The van der Waals surface area contributed by atoms with Gasteiger partial charge in [-0.2, -0.15) is 13.2 Å². The number of nitrogens with zero attached hydrogens (tertiary/aromatic N) is 4. The van der Waals surface area contributed by atoms with Crippen molar-refractivity contribution in [2.24, 2.45) is 5.73 Å². The standard InChI is InChI=1S/C27H30F3N5/c28-27(29,30)18-35-23-10-2-1-9-20(23)21-12-15-32-22(26(21)35)17-34(16-4-3-13-31)24-11-5-7-19-8-6-14-33-25(19)24/h1-2,6,8-10,12,14-15,24H,3-5,7,11,13,16-18,31H2/t24-/m0/s1. The Balaban J connectivity index is 1.60. The fourth-order valence-corrected chi connectivity index (χ4v) is 5.47. The zero-order valence-corrected chi connectivity index (χ0v) is 19.6. The second kappa shape index (κ2) is 9.95. The summed E-state index contributed by atoms with van der Waals surface area (Å²) in [5, 5.41) is 1.62. The molecule has 0 saturated heterocycles. The third-order valence-electron chi connectivity index (χ3n) is 6.95. The van der Waals surface area contributed by atoms with Crippen molar-refractivity contribution in [3.8, 4) is 0 Å². The summed E-state index contributed by atoms with van der Waals surface area (Å²) in [6, 6.07) is 13.3. The molecule has 0 bridgehead atoms. The minimum absolute atomic E-state index is 0.107. The van der Waals surface area contributed by atoms with Gasteiger partial charge in [0, 0.05) is 35.2 Å². The first kappa shape index (κ1) is 23.8. The predicted octanol–water partition coefficient (Wildman–Crippen LogP) is 5.77. The maximum absolute atomic E-state index is 13.7. The number of nitrogens with two attached hydrogens (primary N) is 1. The Bertz CT molecular complexity index is 1310. The molecule has 1 aliphatic carbocycles. The van der Waals surface area contributed by atoms with Crippen molar-refractivity contribution in [2.75, 3.05) is 13.1 Å². The smallest absolute Gasteiger partial charge is 0.330 e. The van der Waals surface area contributed by atoms with Crippen LogP contribution < -0.4 is 5.73 Å². The number of hydrogen-bond acceptors (Lipinski definition) is 4. The van der Waals surface area contributed by atoms with Gasteiger partial charge in [-0.05, 0) is 69.0 Å². The number of aromatic nitrogens is 3. The number of unbranched alkanes of at least 4 members (excludes halogenated alkanes) is 1. The molecule has 5 nitrogen and oxygen atoms in total. The molecule has 0 fully saturated rings. The second-order valence-corrected chi connectivity index (χ2v) is 9.29. The number of halogens is 3. The van der Waals surface area contributed by atoms with E-state index in [0.29, 0.717) is 29.8 Å². The van der Waals surface area contributed by atoms with E-state index in [1.54, 1.807) is 18.3 Å². The Labute approximate surface area is 202 Å². The van der Waals surface area contributed by atoms with Crippen molar-refractivity contribution in [1.82, 2.24) is 19.4 Å². The average Bonchev–Trinajstić information content (AvgIpc) is 3.16. The third kappa shape index (κ3) is 4.90. The number of para-hydroxylation sites is 1. The molecule has 184 valence electrons. The summed E-state index contributed by atoms with van der Waals surface area (Å²) in [5.41, 5.74) is 9.90.